The van der Waals surface area contributed by atoms with Gasteiger partial charge in [-0.15, -0.1) is 11.6 Å². The Balaban J connectivity index is 3.03. The minimum Gasteiger partial charge on any atom is -0.123 e. The molecule has 0 nitrogen and oxygen atoms in total. The molecule has 0 saturated heterocycles. The Morgan fingerprint density at radius 1 is 0.769 bits per heavy atom. The van der Waals surface area contributed by atoms with E-state index in [2.05, 4.69) is 13.8 Å². The van der Waals surface area contributed by atoms with Crippen molar-refractivity contribution in [1.29, 1.82) is 0 Å². The van der Waals surface area contributed by atoms with Crippen molar-refractivity contribution in [3.63, 3.8) is 0 Å². The van der Waals surface area contributed by atoms with Gasteiger partial charge in [-0.1, -0.05) is 58.8 Å². The fourth-order valence-electron chi connectivity index (χ4n) is 1.54. The Hall–Kier alpha value is 0.290. The van der Waals surface area contributed by atoms with Crippen LogP contribution in [0.3, 0.4) is 0 Å². The summed E-state index contributed by atoms with van der Waals surface area (Å²) < 4.78 is 0. The SMILES string of the molecule is CCCCCCCC(Cl)CCCC. The predicted octanol–water partition coefficient (Wildman–Crippen LogP) is 5.14. The maximum absolute atomic E-state index is 6.17. The first kappa shape index (κ1) is 13.3. The van der Waals surface area contributed by atoms with E-state index in [9.17, 15) is 0 Å². The zero-order chi connectivity index (χ0) is 9.94. The van der Waals surface area contributed by atoms with Crippen LogP contribution in [0.15, 0.2) is 0 Å². The largest absolute Gasteiger partial charge is 0.123 e. The van der Waals surface area contributed by atoms with Crippen molar-refractivity contribution in [2.45, 2.75) is 77.0 Å². The van der Waals surface area contributed by atoms with E-state index in [-0.39, 0.29) is 0 Å². The van der Waals surface area contributed by atoms with Gasteiger partial charge in [0, 0.05) is 5.38 Å². The van der Waals surface area contributed by atoms with Gasteiger partial charge in [0.2, 0.25) is 0 Å². The molecule has 1 atom stereocenters. The first-order valence-electron chi connectivity index (χ1n) is 5.95. The Labute approximate surface area is 89.1 Å². The molecule has 0 rings (SSSR count). The first-order chi connectivity index (χ1) is 6.31. The summed E-state index contributed by atoms with van der Waals surface area (Å²) in [6, 6.07) is 0. The van der Waals surface area contributed by atoms with Gasteiger partial charge in [-0.2, -0.15) is 0 Å². The van der Waals surface area contributed by atoms with E-state index in [1.165, 1.54) is 57.8 Å². The summed E-state index contributed by atoms with van der Waals surface area (Å²) in [5.74, 6) is 0. The quantitative estimate of drug-likeness (QED) is 0.360. The van der Waals surface area contributed by atoms with Crippen LogP contribution < -0.4 is 0 Å². The normalized spacial score (nSPS) is 13.2. The van der Waals surface area contributed by atoms with Gasteiger partial charge in [0.15, 0.2) is 0 Å². The number of unbranched alkanes of at least 4 members (excludes halogenated alkanes) is 5. The molecule has 0 fully saturated rings. The van der Waals surface area contributed by atoms with Gasteiger partial charge in [-0.05, 0) is 12.8 Å². The third-order valence-corrected chi connectivity index (χ3v) is 2.93. The molecule has 0 amide bonds. The van der Waals surface area contributed by atoms with E-state index in [1.54, 1.807) is 0 Å². The minimum absolute atomic E-state index is 0.446. The summed E-state index contributed by atoms with van der Waals surface area (Å²) in [6.45, 7) is 4.48. The van der Waals surface area contributed by atoms with Gasteiger partial charge < -0.3 is 0 Å². The second-order valence-electron chi connectivity index (χ2n) is 3.94. The average molecular weight is 205 g/mol. The van der Waals surface area contributed by atoms with Crippen LogP contribution in [0.2, 0.25) is 0 Å². The van der Waals surface area contributed by atoms with Crippen molar-refractivity contribution in [3.05, 3.63) is 0 Å². The minimum atomic E-state index is 0.446. The van der Waals surface area contributed by atoms with E-state index >= 15 is 0 Å². The predicted molar refractivity (Wildman–Crippen MR) is 62.5 cm³/mol. The highest BCUT2D eigenvalue weighted by molar-refractivity contribution is 6.20. The molecule has 1 heteroatoms. The summed E-state index contributed by atoms with van der Waals surface area (Å²) in [5.41, 5.74) is 0. The van der Waals surface area contributed by atoms with Crippen molar-refractivity contribution in [3.8, 4) is 0 Å². The molecule has 0 radical (unpaired) electrons. The fraction of sp³-hybridized carbons (Fsp3) is 1.00. The molecule has 0 saturated carbocycles. The van der Waals surface area contributed by atoms with Crippen LogP contribution in [0.1, 0.15) is 71.6 Å². The molecule has 0 aromatic carbocycles. The Kier molecular flexibility index (Phi) is 10.6. The molecular weight excluding hydrogens is 180 g/mol. The Morgan fingerprint density at radius 2 is 1.31 bits per heavy atom. The van der Waals surface area contributed by atoms with Gasteiger partial charge in [-0.25, -0.2) is 0 Å². The lowest BCUT2D eigenvalue weighted by molar-refractivity contribution is 0.567. The Morgan fingerprint density at radius 3 is 1.92 bits per heavy atom. The molecule has 0 aliphatic carbocycles. The molecule has 1 unspecified atom stereocenters. The van der Waals surface area contributed by atoms with E-state index in [0.717, 1.165) is 0 Å². The Bertz CT molecular complexity index is 91.1. The standard InChI is InChI=1S/C12H25Cl/c1-3-5-7-8-9-11-12(13)10-6-4-2/h12H,3-11H2,1-2H3. The van der Waals surface area contributed by atoms with Gasteiger partial charge in [-0.3, -0.25) is 0 Å². The average Bonchev–Trinajstić information content (AvgIpc) is 2.14. The molecule has 0 spiro atoms. The van der Waals surface area contributed by atoms with Gasteiger partial charge in [0.25, 0.3) is 0 Å². The van der Waals surface area contributed by atoms with E-state index in [4.69, 9.17) is 11.6 Å². The molecule has 0 aromatic heterocycles. The lowest BCUT2D eigenvalue weighted by Crippen LogP contribution is -1.97. The fourth-order valence-corrected chi connectivity index (χ4v) is 1.85. The lowest BCUT2D eigenvalue weighted by Gasteiger charge is -2.07. The van der Waals surface area contributed by atoms with Crippen molar-refractivity contribution in [2.75, 3.05) is 0 Å². The topological polar surface area (TPSA) is 0 Å². The number of halogens is 1. The van der Waals surface area contributed by atoms with Crippen LogP contribution in [-0.4, -0.2) is 5.38 Å². The molecule has 0 aliphatic heterocycles. The molecule has 80 valence electrons. The van der Waals surface area contributed by atoms with E-state index in [0.29, 0.717) is 5.38 Å². The van der Waals surface area contributed by atoms with Crippen LogP contribution in [0.4, 0.5) is 0 Å². The van der Waals surface area contributed by atoms with Gasteiger partial charge in [0.1, 0.15) is 0 Å². The highest BCUT2D eigenvalue weighted by atomic mass is 35.5. The molecule has 0 aliphatic rings. The summed E-state index contributed by atoms with van der Waals surface area (Å²) in [5, 5.41) is 0.446. The number of rotatable bonds is 9. The highest BCUT2D eigenvalue weighted by Crippen LogP contribution is 2.15. The van der Waals surface area contributed by atoms with Crippen LogP contribution in [-0.2, 0) is 0 Å². The third-order valence-electron chi connectivity index (χ3n) is 2.49. The second-order valence-corrected chi connectivity index (χ2v) is 4.56. The van der Waals surface area contributed by atoms with Crippen LogP contribution >= 0.6 is 11.6 Å². The highest BCUT2D eigenvalue weighted by Gasteiger charge is 2.02. The molecule has 0 N–H and O–H groups in total. The van der Waals surface area contributed by atoms with Gasteiger partial charge in [0.05, 0.1) is 0 Å². The number of alkyl halides is 1. The van der Waals surface area contributed by atoms with Crippen molar-refractivity contribution >= 4 is 11.6 Å². The first-order valence-corrected chi connectivity index (χ1v) is 6.39. The smallest absolute Gasteiger partial charge is 0.0336 e. The monoisotopic (exact) mass is 204 g/mol. The molecule has 0 bridgehead atoms. The van der Waals surface area contributed by atoms with Crippen LogP contribution in [0.25, 0.3) is 0 Å². The zero-order valence-corrected chi connectivity index (χ0v) is 10.1. The summed E-state index contributed by atoms with van der Waals surface area (Å²) >= 11 is 6.17. The molecule has 0 aromatic rings. The second kappa shape index (κ2) is 10.4. The number of hydrogen-bond donors (Lipinski definition) is 0. The lowest BCUT2D eigenvalue weighted by atomic mass is 10.1. The summed E-state index contributed by atoms with van der Waals surface area (Å²) in [6.07, 6.45) is 11.8. The third kappa shape index (κ3) is 10.2. The van der Waals surface area contributed by atoms with Gasteiger partial charge >= 0.3 is 0 Å². The maximum atomic E-state index is 6.17. The maximum Gasteiger partial charge on any atom is 0.0336 e. The summed E-state index contributed by atoms with van der Waals surface area (Å²) in [7, 11) is 0. The zero-order valence-electron chi connectivity index (χ0n) is 9.32. The summed E-state index contributed by atoms with van der Waals surface area (Å²) in [4.78, 5) is 0. The van der Waals surface area contributed by atoms with Crippen molar-refractivity contribution < 1.29 is 0 Å². The number of hydrogen-bond acceptors (Lipinski definition) is 0. The van der Waals surface area contributed by atoms with Crippen molar-refractivity contribution in [2.24, 2.45) is 0 Å². The molecule has 0 heterocycles. The molecule has 13 heavy (non-hydrogen) atoms. The van der Waals surface area contributed by atoms with E-state index < -0.39 is 0 Å². The van der Waals surface area contributed by atoms with Crippen LogP contribution in [0.5, 0.6) is 0 Å². The van der Waals surface area contributed by atoms with Crippen molar-refractivity contribution in [1.82, 2.24) is 0 Å². The van der Waals surface area contributed by atoms with Crippen LogP contribution in [0, 0.1) is 0 Å². The molecular formula is C12H25Cl. The van der Waals surface area contributed by atoms with E-state index in [1.807, 2.05) is 0 Å².